The summed E-state index contributed by atoms with van der Waals surface area (Å²) in [6.07, 6.45) is 0. The van der Waals surface area contributed by atoms with Crippen LogP contribution in [0.1, 0.15) is 11.1 Å². The van der Waals surface area contributed by atoms with Crippen molar-refractivity contribution >= 4 is 62.0 Å². The van der Waals surface area contributed by atoms with Crippen molar-refractivity contribution in [2.75, 3.05) is 14.2 Å². The average molecular weight is 693 g/mol. The summed E-state index contributed by atoms with van der Waals surface area (Å²) in [4.78, 5) is 0. The van der Waals surface area contributed by atoms with Crippen LogP contribution in [0.5, 0.6) is 23.0 Å². The minimum Gasteiger partial charge on any atom is -0.496 e. The van der Waals surface area contributed by atoms with E-state index < -0.39 is 0 Å². The van der Waals surface area contributed by atoms with Crippen LogP contribution in [0.4, 0.5) is 0 Å². The van der Waals surface area contributed by atoms with Gasteiger partial charge in [0.05, 0.1) is 33.2 Å². The first-order valence-corrected chi connectivity index (χ1v) is 17.3. The molecule has 8 aromatic carbocycles. The van der Waals surface area contributed by atoms with Gasteiger partial charge in [-0.3, -0.25) is 0 Å². The minimum atomic E-state index is 0.817. The first-order valence-electron chi connectivity index (χ1n) is 16.4. The van der Waals surface area contributed by atoms with Crippen molar-refractivity contribution < 1.29 is 18.5 Å². The van der Waals surface area contributed by atoms with Crippen molar-refractivity contribution in [1.82, 2.24) is 0 Å². The van der Waals surface area contributed by atoms with E-state index in [2.05, 4.69) is 154 Å². The fourth-order valence-corrected chi connectivity index (χ4v) is 7.64. The molecule has 0 saturated heterocycles. The number of methoxy groups -OCH3 is 2. The number of hydrogen-bond donors (Lipinski definition) is 0. The number of rotatable bonds is 6. The summed E-state index contributed by atoms with van der Waals surface area (Å²) in [6.45, 7) is 4.16. The molecule has 0 spiro atoms. The van der Waals surface area contributed by atoms with E-state index in [0.717, 1.165) is 77.9 Å². The summed E-state index contributed by atoms with van der Waals surface area (Å²) in [7, 11) is 8.20. The van der Waals surface area contributed by atoms with Crippen molar-refractivity contribution in [1.29, 1.82) is 0 Å². The molecule has 0 heterocycles. The first-order chi connectivity index (χ1) is 24.5. The van der Waals surface area contributed by atoms with Gasteiger partial charge in [-0.25, -0.2) is 0 Å². The van der Waals surface area contributed by atoms with Crippen LogP contribution < -0.4 is 18.5 Å². The lowest BCUT2D eigenvalue weighted by Crippen LogP contribution is -1.95. The lowest BCUT2D eigenvalue weighted by molar-refractivity contribution is 0.414. The largest absolute Gasteiger partial charge is 0.496 e. The van der Waals surface area contributed by atoms with E-state index in [1.165, 1.54) is 21.5 Å². The van der Waals surface area contributed by atoms with Gasteiger partial charge in [-0.05, 0) is 92.3 Å². The molecule has 8 rings (SSSR count). The number of hydrogen-bond acceptors (Lipinski definition) is 4. The highest BCUT2D eigenvalue weighted by atomic mass is 31.0. The molecule has 0 aliphatic carbocycles. The molecule has 8 aromatic rings. The van der Waals surface area contributed by atoms with Crippen LogP contribution in [0.3, 0.4) is 0 Å². The Morgan fingerprint density at radius 3 is 1.24 bits per heavy atom. The summed E-state index contributed by atoms with van der Waals surface area (Å²) < 4.78 is 23.0. The van der Waals surface area contributed by atoms with E-state index in [4.69, 9.17) is 18.5 Å². The molecule has 0 N–H and O–H groups in total. The molecule has 2 unspecified atom stereocenters. The van der Waals surface area contributed by atoms with Crippen LogP contribution in [0, 0.1) is 13.8 Å². The zero-order valence-electron chi connectivity index (χ0n) is 28.5. The van der Waals surface area contributed by atoms with E-state index in [1.54, 1.807) is 14.2 Å². The average Bonchev–Trinajstić information content (AvgIpc) is 3.16. The number of benzene rings is 8. The minimum absolute atomic E-state index is 0.817. The summed E-state index contributed by atoms with van der Waals surface area (Å²) in [6, 6.07) is 46.1. The van der Waals surface area contributed by atoms with Crippen molar-refractivity contribution in [3.8, 4) is 45.3 Å². The molecule has 248 valence electrons. The molecule has 0 amide bonds. The molecule has 0 bridgehead atoms. The molecule has 0 aliphatic heterocycles. The summed E-state index contributed by atoms with van der Waals surface area (Å²) in [5.74, 6) is 3.41. The SMILES string of the molecule is COc1c(C)cc2ccccc2c1-c1c(OP)ccc2ccccc12.COc1ccc2ccccc2c1-c1c(OP)c(C)cc2ccccc12. The van der Waals surface area contributed by atoms with Gasteiger partial charge in [-0.2, -0.15) is 0 Å². The van der Waals surface area contributed by atoms with Gasteiger partial charge in [0.2, 0.25) is 0 Å². The molecule has 2 atom stereocenters. The molecule has 6 heteroatoms. The molecule has 0 aromatic heterocycles. The van der Waals surface area contributed by atoms with Crippen LogP contribution in [-0.4, -0.2) is 14.2 Å². The van der Waals surface area contributed by atoms with E-state index in [0.29, 0.717) is 0 Å². The van der Waals surface area contributed by atoms with Crippen LogP contribution >= 0.6 is 18.9 Å². The van der Waals surface area contributed by atoms with Crippen molar-refractivity contribution in [2.24, 2.45) is 0 Å². The second-order valence-corrected chi connectivity index (χ2v) is 12.7. The van der Waals surface area contributed by atoms with Crippen LogP contribution in [0.25, 0.3) is 65.3 Å². The highest BCUT2D eigenvalue weighted by Crippen LogP contribution is 2.48. The van der Waals surface area contributed by atoms with Crippen molar-refractivity contribution in [2.45, 2.75) is 13.8 Å². The highest BCUT2D eigenvalue weighted by molar-refractivity contribution is 7.10. The van der Waals surface area contributed by atoms with Gasteiger partial charge in [0.15, 0.2) is 0 Å². The van der Waals surface area contributed by atoms with Crippen LogP contribution in [0.15, 0.2) is 133 Å². The normalized spacial score (nSPS) is 11.0. The predicted molar refractivity (Wildman–Crippen MR) is 217 cm³/mol. The summed E-state index contributed by atoms with van der Waals surface area (Å²) in [5.41, 5.74) is 6.48. The van der Waals surface area contributed by atoms with E-state index in [-0.39, 0.29) is 0 Å². The zero-order valence-corrected chi connectivity index (χ0v) is 30.8. The second-order valence-electron chi connectivity index (χ2n) is 12.2. The molecule has 0 aliphatic rings. The van der Waals surface area contributed by atoms with E-state index in [9.17, 15) is 0 Å². The van der Waals surface area contributed by atoms with Gasteiger partial charge >= 0.3 is 0 Å². The maximum atomic E-state index is 5.82. The Hall–Kier alpha value is -5.14. The lowest BCUT2D eigenvalue weighted by atomic mass is 9.90. The number of aryl methyl sites for hydroxylation is 2. The highest BCUT2D eigenvalue weighted by Gasteiger charge is 2.21. The van der Waals surface area contributed by atoms with Crippen LogP contribution in [-0.2, 0) is 0 Å². The van der Waals surface area contributed by atoms with Crippen molar-refractivity contribution in [3.63, 3.8) is 0 Å². The molecule has 0 fully saturated rings. The van der Waals surface area contributed by atoms with Gasteiger partial charge in [-0.15, -0.1) is 0 Å². The van der Waals surface area contributed by atoms with Gasteiger partial charge in [0.1, 0.15) is 23.0 Å². The van der Waals surface area contributed by atoms with E-state index >= 15 is 0 Å². The maximum Gasteiger partial charge on any atom is 0.134 e. The third kappa shape index (κ3) is 5.90. The Labute approximate surface area is 297 Å². The molecule has 0 radical (unpaired) electrons. The number of ether oxygens (including phenoxy) is 2. The van der Waals surface area contributed by atoms with Gasteiger partial charge in [0, 0.05) is 22.3 Å². The Balaban J connectivity index is 0.000000157. The van der Waals surface area contributed by atoms with Gasteiger partial charge in [-0.1, -0.05) is 109 Å². The smallest absolute Gasteiger partial charge is 0.134 e. The third-order valence-electron chi connectivity index (χ3n) is 9.33. The Bertz CT molecular complexity index is 2350. The van der Waals surface area contributed by atoms with E-state index in [1.807, 2.05) is 12.1 Å². The topological polar surface area (TPSA) is 36.9 Å². The lowest BCUT2D eigenvalue weighted by Gasteiger charge is -2.19. The van der Waals surface area contributed by atoms with Gasteiger partial charge in [0.25, 0.3) is 0 Å². The van der Waals surface area contributed by atoms with Gasteiger partial charge < -0.3 is 18.5 Å². The molecule has 50 heavy (non-hydrogen) atoms. The second kappa shape index (κ2) is 14.4. The Morgan fingerprint density at radius 2 is 0.780 bits per heavy atom. The predicted octanol–water partition coefficient (Wildman–Crippen LogP) is 12.3. The Morgan fingerprint density at radius 1 is 0.380 bits per heavy atom. The molecule has 4 nitrogen and oxygen atoms in total. The first kappa shape index (κ1) is 33.4. The third-order valence-corrected chi connectivity index (χ3v) is 9.81. The molecular weight excluding hydrogens is 654 g/mol. The zero-order chi connectivity index (χ0) is 34.8. The molecular formula is C44H38O4P2. The fraction of sp³-hybridized carbons (Fsp3) is 0.0909. The maximum absolute atomic E-state index is 5.82. The standard InChI is InChI=1S/2C22H19O2P/c1-14-13-16-8-4-6-10-18(16)21(22(14)23-2)20-17-9-5-3-7-15(17)11-12-19(20)24-25;1-14-13-16-8-4-6-10-18(16)21(22(14)24-25)20-17-9-5-3-7-15(17)11-12-19(20)23-2/h2*3-13H,25H2,1-2H3. The van der Waals surface area contributed by atoms with Crippen molar-refractivity contribution in [3.05, 3.63) is 145 Å². The quantitative estimate of drug-likeness (QED) is 0.163. The van der Waals surface area contributed by atoms with Crippen LogP contribution in [0.2, 0.25) is 0 Å². The monoisotopic (exact) mass is 692 g/mol. The number of fused-ring (bicyclic) bond motifs is 4. The Kier molecular flexibility index (Phi) is 9.59. The fourth-order valence-electron chi connectivity index (χ4n) is 7.14. The summed E-state index contributed by atoms with van der Waals surface area (Å²) in [5, 5.41) is 9.35. The summed E-state index contributed by atoms with van der Waals surface area (Å²) >= 11 is 0. The molecule has 0 saturated carbocycles.